The van der Waals surface area contributed by atoms with Crippen LogP contribution in [0.5, 0.6) is 0 Å². The molecule has 10 heteroatoms. The van der Waals surface area contributed by atoms with Gasteiger partial charge >= 0.3 is 0 Å². The molecule has 1 aliphatic heterocycles. The molecule has 1 aromatic rings. The minimum atomic E-state index is -1.08. The van der Waals surface area contributed by atoms with Crippen molar-refractivity contribution in [3.8, 4) is 0 Å². The Morgan fingerprint density at radius 3 is 2.73 bits per heavy atom. The average molecular weight is 377 g/mol. The van der Waals surface area contributed by atoms with Crippen LogP contribution >= 0.6 is 11.6 Å². The molecular weight excluding hydrogens is 363 g/mol. The summed E-state index contributed by atoms with van der Waals surface area (Å²) in [7, 11) is 0. The second-order valence-electron chi connectivity index (χ2n) is 4.13. The molecule has 1 N–H and O–H groups in total. The molecule has 0 aromatic carbocycles. The maximum Gasteiger partial charge on any atom is 0.274 e. The van der Waals surface area contributed by atoms with E-state index in [1.165, 1.54) is 0 Å². The molecule has 1 radical (unpaired) electrons. The van der Waals surface area contributed by atoms with Crippen LogP contribution in [0.15, 0.2) is 30.4 Å². The van der Waals surface area contributed by atoms with Crippen molar-refractivity contribution in [3.05, 3.63) is 51.2 Å². The second kappa shape index (κ2) is 9.99. The topological polar surface area (TPSA) is 111 Å². The predicted molar refractivity (Wildman–Crippen MR) is 73.4 cm³/mol. The monoisotopic (exact) mass is 376 g/mol. The number of pyridine rings is 1. The number of rotatable bonds is 3. The number of carboxylic acid groups (broad SMARTS) is 1. The maximum absolute atomic E-state index is 10.4. The van der Waals surface area contributed by atoms with E-state index in [4.69, 9.17) is 21.5 Å². The van der Waals surface area contributed by atoms with Crippen LogP contribution in [0.1, 0.15) is 12.5 Å². The average Bonchev–Trinajstić information content (AvgIpc) is 2.78. The molecular formula is C12H14ClCuN4O4-. The van der Waals surface area contributed by atoms with Gasteiger partial charge in [0.15, 0.2) is 5.82 Å². The first kappa shape index (κ1) is 20.2. The first-order valence-electron chi connectivity index (χ1n) is 6.00. The van der Waals surface area contributed by atoms with Gasteiger partial charge in [-0.3, -0.25) is 10.1 Å². The quantitative estimate of drug-likeness (QED) is 0.341. The Labute approximate surface area is 142 Å². The van der Waals surface area contributed by atoms with Crippen LogP contribution in [0.2, 0.25) is 5.15 Å². The number of carboxylic acids is 1. The van der Waals surface area contributed by atoms with E-state index in [0.717, 1.165) is 25.2 Å². The van der Waals surface area contributed by atoms with E-state index < -0.39 is 10.9 Å². The molecule has 125 valence electrons. The fraction of sp³-hybridized carbons (Fsp3) is 0.333. The summed E-state index contributed by atoms with van der Waals surface area (Å²) in [5, 5.41) is 22.7. The number of carbonyl (C=O) groups excluding carboxylic acids is 1. The van der Waals surface area contributed by atoms with Gasteiger partial charge in [0.2, 0.25) is 0 Å². The minimum absolute atomic E-state index is 0. The Kier molecular flexibility index (Phi) is 9.16. The van der Waals surface area contributed by atoms with Gasteiger partial charge in [0.1, 0.15) is 5.15 Å². The molecule has 1 aliphatic rings. The first-order valence-corrected chi connectivity index (χ1v) is 6.38. The fourth-order valence-electron chi connectivity index (χ4n) is 1.66. The van der Waals surface area contributed by atoms with Crippen molar-refractivity contribution < 1.29 is 31.9 Å². The summed E-state index contributed by atoms with van der Waals surface area (Å²) < 4.78 is 0. The number of nitro groups is 1. The van der Waals surface area contributed by atoms with Gasteiger partial charge in [-0.1, -0.05) is 17.7 Å². The third-order valence-corrected chi connectivity index (χ3v) is 2.64. The number of halogens is 1. The predicted octanol–water partition coefficient (Wildman–Crippen LogP) is -0.0305. The van der Waals surface area contributed by atoms with Gasteiger partial charge in [-0.2, -0.15) is 0 Å². The van der Waals surface area contributed by atoms with Gasteiger partial charge in [-0.15, -0.1) is 0 Å². The summed E-state index contributed by atoms with van der Waals surface area (Å²) in [4.78, 5) is 24.7. The van der Waals surface area contributed by atoms with E-state index in [-0.39, 0.29) is 17.1 Å². The van der Waals surface area contributed by atoms with E-state index in [9.17, 15) is 10.1 Å². The van der Waals surface area contributed by atoms with Crippen molar-refractivity contribution in [2.75, 3.05) is 13.1 Å². The molecule has 1 aromatic heterocycles. The Bertz CT molecular complexity index is 534. The van der Waals surface area contributed by atoms with Gasteiger partial charge in [-0.05, 0) is 18.6 Å². The molecule has 0 spiro atoms. The Balaban J connectivity index is 0.000000791. The number of nitrogens with one attached hydrogen (secondary N) is 1. The van der Waals surface area contributed by atoms with Crippen LogP contribution in [-0.2, 0) is 28.4 Å². The summed E-state index contributed by atoms with van der Waals surface area (Å²) in [5.41, 5.74) is 0.965. The molecule has 2 heterocycles. The summed E-state index contributed by atoms with van der Waals surface area (Å²) in [6.07, 6.45) is 2.65. The molecule has 1 saturated heterocycles. The van der Waals surface area contributed by atoms with Gasteiger partial charge in [0, 0.05) is 48.9 Å². The third-order valence-electron chi connectivity index (χ3n) is 2.42. The molecule has 22 heavy (non-hydrogen) atoms. The second-order valence-corrected chi connectivity index (χ2v) is 4.52. The number of hydrogen-bond acceptors (Lipinski definition) is 7. The standard InChI is InChI=1S/C10H11ClN4O2.C2H4O2.Cu/c11-9-2-1-8(5-13-9)6-14-4-3-12-10(14)7-15(16)17;1-2(3)4;/h1-2,5,7,12H,3-4,6H2;1H3,(H,3,4);/p-1/b10-7+;;. The van der Waals surface area contributed by atoms with Crippen LogP contribution in [-0.4, -0.2) is 33.9 Å². The molecule has 8 nitrogen and oxygen atoms in total. The Hall–Kier alpha value is -1.83. The molecule has 1 fully saturated rings. The van der Waals surface area contributed by atoms with Gasteiger partial charge in [-0.25, -0.2) is 4.98 Å². The number of aliphatic carboxylic acids is 1. The normalized spacial score (nSPS) is 14.5. The first-order chi connectivity index (χ1) is 9.88. The molecule has 0 unspecified atom stereocenters. The number of nitrogens with zero attached hydrogens (tertiary/aromatic N) is 3. The van der Waals surface area contributed by atoms with Crippen molar-refractivity contribution in [1.29, 1.82) is 0 Å². The van der Waals surface area contributed by atoms with E-state index in [0.29, 0.717) is 24.1 Å². The number of hydrogen-bond donors (Lipinski definition) is 1. The molecule has 0 atom stereocenters. The number of carbonyl (C=O) groups is 1. The van der Waals surface area contributed by atoms with E-state index in [2.05, 4.69) is 10.3 Å². The largest absolute Gasteiger partial charge is 0.550 e. The van der Waals surface area contributed by atoms with Crippen LogP contribution in [0.4, 0.5) is 0 Å². The zero-order chi connectivity index (χ0) is 15.8. The van der Waals surface area contributed by atoms with Gasteiger partial charge < -0.3 is 20.1 Å². The van der Waals surface area contributed by atoms with Gasteiger partial charge in [0.25, 0.3) is 6.20 Å². The van der Waals surface area contributed by atoms with Crippen molar-refractivity contribution in [3.63, 3.8) is 0 Å². The van der Waals surface area contributed by atoms with Crippen molar-refractivity contribution >= 4 is 17.6 Å². The van der Waals surface area contributed by atoms with Crippen LogP contribution in [0.3, 0.4) is 0 Å². The fourth-order valence-corrected chi connectivity index (χ4v) is 1.77. The number of aromatic nitrogens is 1. The zero-order valence-corrected chi connectivity index (χ0v) is 13.3. The summed E-state index contributed by atoms with van der Waals surface area (Å²) in [5.74, 6) is -0.551. The van der Waals surface area contributed by atoms with E-state index in [1.807, 2.05) is 11.0 Å². The van der Waals surface area contributed by atoms with E-state index >= 15 is 0 Å². The van der Waals surface area contributed by atoms with Crippen molar-refractivity contribution in [2.24, 2.45) is 0 Å². The van der Waals surface area contributed by atoms with E-state index in [1.54, 1.807) is 12.3 Å². The minimum Gasteiger partial charge on any atom is -0.550 e. The Morgan fingerprint density at radius 1 is 1.59 bits per heavy atom. The summed E-state index contributed by atoms with van der Waals surface area (Å²) in [6, 6.07) is 3.56. The van der Waals surface area contributed by atoms with Crippen molar-refractivity contribution in [1.82, 2.24) is 15.2 Å². The third kappa shape index (κ3) is 7.82. The van der Waals surface area contributed by atoms with Crippen LogP contribution < -0.4 is 10.4 Å². The van der Waals surface area contributed by atoms with Crippen molar-refractivity contribution in [2.45, 2.75) is 13.5 Å². The molecule has 0 aliphatic carbocycles. The Morgan fingerprint density at radius 2 is 2.23 bits per heavy atom. The SMILES string of the molecule is CC(=O)[O-].O=[N+]([O-])/C=C1\NCCN1Cc1ccc(Cl)nc1.[Cu]. The molecule has 0 amide bonds. The van der Waals surface area contributed by atoms with Crippen LogP contribution in [0.25, 0.3) is 0 Å². The molecule has 0 saturated carbocycles. The molecule has 2 rings (SSSR count). The zero-order valence-electron chi connectivity index (χ0n) is 11.6. The summed E-state index contributed by atoms with van der Waals surface area (Å²) >= 11 is 5.69. The maximum atomic E-state index is 10.4. The smallest absolute Gasteiger partial charge is 0.274 e. The molecule has 0 bridgehead atoms. The van der Waals surface area contributed by atoms with Gasteiger partial charge in [0.05, 0.1) is 4.92 Å². The summed E-state index contributed by atoms with van der Waals surface area (Å²) in [6.45, 7) is 3.00. The van der Waals surface area contributed by atoms with Crippen LogP contribution in [0, 0.1) is 10.1 Å².